The molecule has 2 aromatic rings. The summed E-state index contributed by atoms with van der Waals surface area (Å²) >= 11 is -0.417. The number of benzene rings is 2. The molecule has 2 aromatic carbocycles. The van der Waals surface area contributed by atoms with Gasteiger partial charge in [0, 0.05) is 0 Å². The highest BCUT2D eigenvalue weighted by molar-refractivity contribution is 8.93. The van der Waals surface area contributed by atoms with Crippen molar-refractivity contribution in [3.8, 4) is 0 Å². The maximum Gasteiger partial charge on any atom is 0.450 e. The third-order valence-electron chi connectivity index (χ3n) is 2.16. The van der Waals surface area contributed by atoms with Crippen molar-refractivity contribution in [3.05, 3.63) is 60.4 Å². The molecule has 15 heavy (non-hydrogen) atoms. The average Bonchev–Trinajstić information content (AvgIpc) is 2.23. The van der Waals surface area contributed by atoms with Gasteiger partial charge in [0.1, 0.15) is 5.82 Å². The Kier molecular flexibility index (Phi) is 5.29. The molecule has 0 atom stereocenters. The quantitative estimate of drug-likeness (QED) is 0.737. The molecule has 0 unspecified atom stereocenters. The van der Waals surface area contributed by atoms with E-state index in [0.29, 0.717) is 0 Å². The smallest absolute Gasteiger partial charge is 0.207 e. The minimum Gasteiger partial charge on any atom is -0.207 e. The van der Waals surface area contributed by atoms with Crippen LogP contribution in [-0.2, 0) is 0 Å². The van der Waals surface area contributed by atoms with Gasteiger partial charge in [-0.2, -0.15) is 7.39 Å². The van der Waals surface area contributed by atoms with Crippen LogP contribution >= 0.6 is 17.0 Å². The van der Waals surface area contributed by atoms with Crippen molar-refractivity contribution >= 4 is 44.7 Å². The van der Waals surface area contributed by atoms with Crippen LogP contribution in [0.4, 0.5) is 4.39 Å². The topological polar surface area (TPSA) is 0 Å². The van der Waals surface area contributed by atoms with Crippen LogP contribution in [0.1, 0.15) is 0 Å². The Labute approximate surface area is 109 Å². The summed E-state index contributed by atoms with van der Waals surface area (Å²) in [6, 6.07) is 17.2. The number of hydrogen-bond donors (Lipinski definition) is 0. The summed E-state index contributed by atoms with van der Waals surface area (Å²) in [7, 11) is 0. The second-order valence-corrected chi connectivity index (χ2v) is 5.28. The first-order valence-electron chi connectivity index (χ1n) is 4.63. The van der Waals surface area contributed by atoms with Crippen LogP contribution in [0.5, 0.6) is 0 Å². The summed E-state index contributed by atoms with van der Waals surface area (Å²) in [5.41, 5.74) is 0. The zero-order valence-electron chi connectivity index (χ0n) is 8.19. The molecule has 0 heterocycles. The van der Waals surface area contributed by atoms with E-state index in [0.717, 1.165) is 0 Å². The fourth-order valence-corrected chi connectivity index (χ4v) is 2.88. The van der Waals surface area contributed by atoms with Crippen molar-refractivity contribution in [2.45, 2.75) is 0 Å². The third kappa shape index (κ3) is 3.93. The second kappa shape index (κ2) is 6.25. The molecular formula is C12H10BrFMg. The summed E-state index contributed by atoms with van der Waals surface area (Å²) in [5.74, 6) is -0.157. The summed E-state index contributed by atoms with van der Waals surface area (Å²) in [4.78, 5) is 0. The standard InChI is InChI=1S/C6H4F.C6H5.BrH.Mg/c7-6-4-2-1-3-5-6;1-2-4-6-5-3-1;;/h2-5H;1-5H;1H;. The van der Waals surface area contributed by atoms with Gasteiger partial charge in [-0.15, -0.1) is 17.0 Å². The second-order valence-electron chi connectivity index (χ2n) is 3.29. The van der Waals surface area contributed by atoms with Crippen LogP contribution in [0.3, 0.4) is 0 Å². The first-order chi connectivity index (χ1) is 6.84. The van der Waals surface area contributed by atoms with E-state index in [4.69, 9.17) is 0 Å². The predicted molar refractivity (Wildman–Crippen MR) is 68.2 cm³/mol. The fourth-order valence-electron chi connectivity index (χ4n) is 1.43. The molecule has 2 rings (SSSR count). The molecule has 0 aliphatic heterocycles. The Bertz CT molecular complexity index is 400. The van der Waals surface area contributed by atoms with Crippen LogP contribution in [0, 0.1) is 5.82 Å². The van der Waals surface area contributed by atoms with Gasteiger partial charge in [-0.1, -0.05) is 42.5 Å². The monoisotopic (exact) mass is 276 g/mol. The molecule has 0 N–H and O–H groups in total. The Morgan fingerprint density at radius 3 is 1.87 bits per heavy atom. The van der Waals surface area contributed by atoms with Crippen molar-refractivity contribution in [2.24, 2.45) is 0 Å². The van der Waals surface area contributed by atoms with E-state index in [1.54, 1.807) is 0 Å². The molecule has 0 amide bonds. The van der Waals surface area contributed by atoms with Crippen molar-refractivity contribution in [1.82, 2.24) is 0 Å². The number of halogens is 2. The highest BCUT2D eigenvalue weighted by Crippen LogP contribution is 1.92. The van der Waals surface area contributed by atoms with E-state index >= 15 is 0 Å². The van der Waals surface area contributed by atoms with Crippen molar-refractivity contribution in [1.29, 1.82) is 0 Å². The van der Waals surface area contributed by atoms with Gasteiger partial charge < -0.3 is 0 Å². The van der Waals surface area contributed by atoms with Crippen molar-refractivity contribution < 1.29 is 4.39 Å². The molecule has 0 aliphatic carbocycles. The highest BCUT2D eigenvalue weighted by Gasteiger charge is 2.00. The van der Waals surface area contributed by atoms with E-state index in [1.165, 1.54) is 19.5 Å². The molecule has 0 aliphatic rings. The maximum absolute atomic E-state index is 12.6. The van der Waals surface area contributed by atoms with E-state index < -0.39 is 20.4 Å². The van der Waals surface area contributed by atoms with Gasteiger partial charge in [0.2, 0.25) is 0 Å². The summed E-state index contributed by atoms with van der Waals surface area (Å²) in [6.07, 6.45) is 0. The lowest BCUT2D eigenvalue weighted by Gasteiger charge is -1.99. The summed E-state index contributed by atoms with van der Waals surface area (Å²) in [6.45, 7) is 0. The van der Waals surface area contributed by atoms with Crippen LogP contribution in [0.2, 0.25) is 0 Å². The fraction of sp³-hybridized carbons (Fsp3) is 0. The highest BCUT2D eigenvalue weighted by atomic mass is 79.9. The molecule has 0 saturated heterocycles. The predicted octanol–water partition coefficient (Wildman–Crippen LogP) is 2.06. The van der Waals surface area contributed by atoms with Crippen LogP contribution in [-0.4, -0.2) is 20.4 Å². The molecule has 74 valence electrons. The van der Waals surface area contributed by atoms with Crippen molar-refractivity contribution in [2.75, 3.05) is 0 Å². The molecule has 0 saturated carbocycles. The molecule has 3 heteroatoms. The van der Waals surface area contributed by atoms with Crippen LogP contribution < -0.4 is 7.39 Å². The van der Waals surface area contributed by atoms with E-state index in [2.05, 4.69) is 12.1 Å². The lowest BCUT2D eigenvalue weighted by molar-refractivity contribution is 0.628. The first kappa shape index (κ1) is 12.7. The van der Waals surface area contributed by atoms with E-state index in [-0.39, 0.29) is 22.8 Å². The zero-order chi connectivity index (χ0) is 9.80. The van der Waals surface area contributed by atoms with Gasteiger partial charge in [0.15, 0.2) is 0 Å². The minimum absolute atomic E-state index is 0. The molecule has 0 aromatic heterocycles. The number of rotatable bonds is 2. The molecule has 0 radical (unpaired) electrons. The SMILES string of the molecule is Br.Fc1cc[c]([Mg][c]2ccccc2)cc1. The average molecular weight is 277 g/mol. The largest absolute Gasteiger partial charge is 0.450 e. The van der Waals surface area contributed by atoms with Gasteiger partial charge in [-0.05, 0) is 12.1 Å². The lowest BCUT2D eigenvalue weighted by Crippen LogP contribution is -2.26. The third-order valence-corrected chi connectivity index (χ3v) is 3.92. The Morgan fingerprint density at radius 1 is 0.733 bits per heavy atom. The van der Waals surface area contributed by atoms with Crippen LogP contribution in [0.15, 0.2) is 54.6 Å². The maximum atomic E-state index is 12.6. The van der Waals surface area contributed by atoms with E-state index in [1.807, 2.05) is 30.3 Å². The van der Waals surface area contributed by atoms with Gasteiger partial charge in [-0.25, -0.2) is 4.39 Å². The normalized spacial score (nSPS) is 8.87. The molecule has 0 spiro atoms. The number of hydrogen-bond acceptors (Lipinski definition) is 0. The van der Waals surface area contributed by atoms with Gasteiger partial charge in [0.25, 0.3) is 0 Å². The van der Waals surface area contributed by atoms with Crippen molar-refractivity contribution in [3.63, 3.8) is 0 Å². The molecule has 0 fully saturated rings. The molecular weight excluding hydrogens is 267 g/mol. The Morgan fingerprint density at radius 2 is 1.27 bits per heavy atom. The molecule has 0 bridgehead atoms. The van der Waals surface area contributed by atoms with Crippen LogP contribution in [0.25, 0.3) is 0 Å². The van der Waals surface area contributed by atoms with Gasteiger partial charge >= 0.3 is 20.4 Å². The molecule has 0 nitrogen and oxygen atoms in total. The summed E-state index contributed by atoms with van der Waals surface area (Å²) in [5, 5.41) is 0. The minimum atomic E-state index is -0.417. The Balaban J connectivity index is 0.00000112. The zero-order valence-corrected chi connectivity index (χ0v) is 11.3. The van der Waals surface area contributed by atoms with Gasteiger partial charge in [-0.3, -0.25) is 0 Å². The van der Waals surface area contributed by atoms with E-state index in [9.17, 15) is 4.39 Å². The lowest BCUT2D eigenvalue weighted by atomic mass is 10.3. The summed E-state index contributed by atoms with van der Waals surface area (Å²) < 4.78 is 15.3. The Hall–Kier alpha value is -0.384. The first-order valence-corrected chi connectivity index (χ1v) is 6.04. The van der Waals surface area contributed by atoms with Gasteiger partial charge in [0.05, 0.1) is 0 Å².